The van der Waals surface area contributed by atoms with Gasteiger partial charge >= 0.3 is 6.03 Å². The lowest BCUT2D eigenvalue weighted by atomic mass is 9.85. The summed E-state index contributed by atoms with van der Waals surface area (Å²) in [5.41, 5.74) is 0. The molecule has 1 saturated carbocycles. The van der Waals surface area contributed by atoms with E-state index in [1.54, 1.807) is 0 Å². The Kier molecular flexibility index (Phi) is 7.32. The van der Waals surface area contributed by atoms with Crippen molar-refractivity contribution in [1.29, 1.82) is 0 Å². The van der Waals surface area contributed by atoms with E-state index in [1.165, 1.54) is 4.90 Å². The Morgan fingerprint density at radius 3 is 2.41 bits per heavy atom. The number of terminal acetylenes is 2. The molecule has 0 bridgehead atoms. The highest BCUT2D eigenvalue weighted by molar-refractivity contribution is 5.79. The third kappa shape index (κ3) is 5.69. The third-order valence-electron chi connectivity index (χ3n) is 3.66. The van der Waals surface area contributed by atoms with Gasteiger partial charge in [-0.25, -0.2) is 4.79 Å². The van der Waals surface area contributed by atoms with Gasteiger partial charge in [-0.3, -0.25) is 4.79 Å². The van der Waals surface area contributed by atoms with Crippen molar-refractivity contribution in [3.8, 4) is 24.7 Å². The zero-order chi connectivity index (χ0) is 16.5. The Labute approximate surface area is 133 Å². The third-order valence-corrected chi connectivity index (χ3v) is 3.66. The first-order chi connectivity index (χ1) is 10.5. The number of nitrogens with zero attached hydrogens (tertiary/aromatic N) is 1. The van der Waals surface area contributed by atoms with Crippen LogP contribution in [0.3, 0.4) is 0 Å². The summed E-state index contributed by atoms with van der Waals surface area (Å²) < 4.78 is 0. The molecule has 1 aliphatic rings. The first kappa shape index (κ1) is 17.9. The number of nitrogens with one attached hydrogen (secondary N) is 2. The molecular formula is C17H25N3O2. The van der Waals surface area contributed by atoms with E-state index in [2.05, 4.69) is 22.5 Å². The van der Waals surface area contributed by atoms with E-state index in [0.29, 0.717) is 6.42 Å². The SMILES string of the molecule is C#CCN(CC#C)C(=O)NC1CCCC(C(=O)NC(C)C)C1. The molecule has 120 valence electrons. The fourth-order valence-corrected chi connectivity index (χ4v) is 2.65. The Bertz CT molecular complexity index is 457. The minimum Gasteiger partial charge on any atom is -0.354 e. The van der Waals surface area contributed by atoms with Crippen molar-refractivity contribution in [2.24, 2.45) is 5.92 Å². The van der Waals surface area contributed by atoms with Crippen LogP contribution in [0, 0.1) is 30.6 Å². The first-order valence-electron chi connectivity index (χ1n) is 7.70. The van der Waals surface area contributed by atoms with E-state index in [9.17, 15) is 9.59 Å². The van der Waals surface area contributed by atoms with Crippen LogP contribution in [0.4, 0.5) is 4.79 Å². The topological polar surface area (TPSA) is 61.4 Å². The van der Waals surface area contributed by atoms with Crippen LogP contribution in [0.25, 0.3) is 0 Å². The number of amides is 3. The Morgan fingerprint density at radius 1 is 1.23 bits per heavy atom. The molecule has 1 rings (SSSR count). The average molecular weight is 303 g/mol. The van der Waals surface area contributed by atoms with Gasteiger partial charge in [0.15, 0.2) is 0 Å². The van der Waals surface area contributed by atoms with Gasteiger partial charge in [0.25, 0.3) is 0 Å². The van der Waals surface area contributed by atoms with Gasteiger partial charge < -0.3 is 15.5 Å². The highest BCUT2D eigenvalue weighted by atomic mass is 16.2. The molecule has 2 N–H and O–H groups in total. The summed E-state index contributed by atoms with van der Waals surface area (Å²) >= 11 is 0. The predicted molar refractivity (Wildman–Crippen MR) is 86.8 cm³/mol. The molecule has 0 aromatic carbocycles. The standard InChI is InChI=1S/C17H25N3O2/c1-5-10-20(11-6-2)17(22)19-15-9-7-8-14(12-15)16(21)18-13(3)4/h1-2,13-15H,7-12H2,3-4H3,(H,18,21)(H,19,22). The highest BCUT2D eigenvalue weighted by Gasteiger charge is 2.29. The monoisotopic (exact) mass is 303 g/mol. The maximum Gasteiger partial charge on any atom is 0.319 e. The van der Waals surface area contributed by atoms with Crippen LogP contribution in [0.15, 0.2) is 0 Å². The summed E-state index contributed by atoms with van der Waals surface area (Å²) in [4.78, 5) is 25.7. The Hall–Kier alpha value is -2.14. The van der Waals surface area contributed by atoms with Gasteiger partial charge in [0.05, 0.1) is 13.1 Å². The second kappa shape index (κ2) is 9.00. The van der Waals surface area contributed by atoms with Crippen LogP contribution < -0.4 is 10.6 Å². The lowest BCUT2D eigenvalue weighted by Crippen LogP contribution is -2.48. The molecule has 0 radical (unpaired) electrons. The van der Waals surface area contributed by atoms with Crippen LogP contribution in [0.2, 0.25) is 0 Å². The fraction of sp³-hybridized carbons (Fsp3) is 0.647. The molecule has 22 heavy (non-hydrogen) atoms. The van der Waals surface area contributed by atoms with E-state index in [4.69, 9.17) is 12.8 Å². The zero-order valence-corrected chi connectivity index (χ0v) is 13.4. The maximum atomic E-state index is 12.2. The molecule has 0 aromatic rings. The smallest absolute Gasteiger partial charge is 0.319 e. The van der Waals surface area contributed by atoms with Crippen molar-refractivity contribution < 1.29 is 9.59 Å². The van der Waals surface area contributed by atoms with Gasteiger partial charge in [0.2, 0.25) is 5.91 Å². The lowest BCUT2D eigenvalue weighted by Gasteiger charge is -2.31. The van der Waals surface area contributed by atoms with Crippen LogP contribution in [-0.2, 0) is 4.79 Å². The fourth-order valence-electron chi connectivity index (χ4n) is 2.65. The van der Waals surface area contributed by atoms with E-state index >= 15 is 0 Å². The number of carbonyl (C=O) groups excluding carboxylic acids is 2. The van der Waals surface area contributed by atoms with Gasteiger partial charge in [-0.2, -0.15) is 0 Å². The predicted octanol–water partition coefficient (Wildman–Crippen LogP) is 1.35. The van der Waals surface area contributed by atoms with Crippen molar-refractivity contribution in [3.05, 3.63) is 0 Å². The summed E-state index contributed by atoms with van der Waals surface area (Å²) in [7, 11) is 0. The quantitative estimate of drug-likeness (QED) is 0.753. The molecule has 0 aromatic heterocycles. The molecule has 1 aliphatic carbocycles. The number of carbonyl (C=O) groups is 2. The van der Waals surface area contributed by atoms with Gasteiger partial charge in [-0.1, -0.05) is 18.3 Å². The normalized spacial score (nSPS) is 20.6. The molecule has 0 heterocycles. The Morgan fingerprint density at radius 2 is 1.86 bits per heavy atom. The summed E-state index contributed by atoms with van der Waals surface area (Å²) in [6.07, 6.45) is 13.8. The van der Waals surface area contributed by atoms with Crippen LogP contribution in [0.5, 0.6) is 0 Å². The first-order valence-corrected chi connectivity index (χ1v) is 7.70. The lowest BCUT2D eigenvalue weighted by molar-refractivity contribution is -0.126. The van der Waals surface area contributed by atoms with E-state index in [-0.39, 0.29) is 43.0 Å². The van der Waals surface area contributed by atoms with E-state index < -0.39 is 0 Å². The van der Waals surface area contributed by atoms with E-state index in [0.717, 1.165) is 19.3 Å². The second-order valence-corrected chi connectivity index (χ2v) is 5.94. The molecule has 1 fully saturated rings. The molecule has 2 unspecified atom stereocenters. The zero-order valence-electron chi connectivity index (χ0n) is 13.4. The molecule has 0 saturated heterocycles. The van der Waals surface area contributed by atoms with Gasteiger partial charge in [0, 0.05) is 18.0 Å². The number of hydrogen-bond donors (Lipinski definition) is 2. The molecule has 5 nitrogen and oxygen atoms in total. The summed E-state index contributed by atoms with van der Waals surface area (Å²) in [5.74, 6) is 4.87. The Balaban J connectivity index is 2.55. The number of rotatable bonds is 5. The van der Waals surface area contributed by atoms with Gasteiger partial charge in [-0.05, 0) is 33.1 Å². The average Bonchev–Trinajstić information content (AvgIpc) is 2.46. The number of urea groups is 1. The molecule has 0 spiro atoms. The minimum atomic E-state index is -0.259. The molecular weight excluding hydrogens is 278 g/mol. The van der Waals surface area contributed by atoms with Crippen molar-refractivity contribution in [2.75, 3.05) is 13.1 Å². The highest BCUT2D eigenvalue weighted by Crippen LogP contribution is 2.24. The van der Waals surface area contributed by atoms with Crippen molar-refractivity contribution in [1.82, 2.24) is 15.5 Å². The van der Waals surface area contributed by atoms with E-state index in [1.807, 2.05) is 13.8 Å². The second-order valence-electron chi connectivity index (χ2n) is 5.94. The summed E-state index contributed by atoms with van der Waals surface area (Å²) in [6, 6.07) is -0.141. The van der Waals surface area contributed by atoms with Crippen LogP contribution >= 0.6 is 0 Å². The van der Waals surface area contributed by atoms with Crippen molar-refractivity contribution >= 4 is 11.9 Å². The molecule has 5 heteroatoms. The van der Waals surface area contributed by atoms with Gasteiger partial charge in [-0.15, -0.1) is 12.8 Å². The maximum absolute atomic E-state index is 12.2. The van der Waals surface area contributed by atoms with Crippen LogP contribution in [0.1, 0.15) is 39.5 Å². The van der Waals surface area contributed by atoms with Crippen LogP contribution in [-0.4, -0.2) is 42.0 Å². The summed E-state index contributed by atoms with van der Waals surface area (Å²) in [5, 5.41) is 5.88. The molecule has 3 amide bonds. The van der Waals surface area contributed by atoms with Gasteiger partial charge in [0.1, 0.15) is 0 Å². The molecule has 0 aliphatic heterocycles. The minimum absolute atomic E-state index is 0.0118. The van der Waals surface area contributed by atoms with Crippen molar-refractivity contribution in [2.45, 2.75) is 51.6 Å². The number of hydrogen-bond acceptors (Lipinski definition) is 2. The molecule has 2 atom stereocenters. The summed E-state index contributed by atoms with van der Waals surface area (Å²) in [6.45, 7) is 4.25. The largest absolute Gasteiger partial charge is 0.354 e. The van der Waals surface area contributed by atoms with Crippen molar-refractivity contribution in [3.63, 3.8) is 0 Å².